The Labute approximate surface area is 189 Å². The summed E-state index contributed by atoms with van der Waals surface area (Å²) < 4.78 is 43.9. The van der Waals surface area contributed by atoms with Gasteiger partial charge in [-0.2, -0.15) is 5.26 Å². The summed E-state index contributed by atoms with van der Waals surface area (Å²) in [5.41, 5.74) is 1.63. The molecule has 1 aromatic heterocycles. The number of fused-ring (bicyclic) bond motifs is 1. The van der Waals surface area contributed by atoms with E-state index in [4.69, 9.17) is 19.5 Å². The number of carbonyl (C=O) groups is 1. The van der Waals surface area contributed by atoms with Gasteiger partial charge in [0.2, 0.25) is 15.9 Å². The minimum absolute atomic E-state index is 0.0933. The summed E-state index contributed by atoms with van der Waals surface area (Å²) in [5.74, 6) is 1.57. The molecule has 0 saturated carbocycles. The van der Waals surface area contributed by atoms with Crippen LogP contribution in [0.1, 0.15) is 34.6 Å². The molecule has 1 amide bonds. The number of carbonyl (C=O) groups excluding carboxylic acids is 1. The van der Waals surface area contributed by atoms with Gasteiger partial charge in [0, 0.05) is 5.56 Å². The van der Waals surface area contributed by atoms with E-state index in [-0.39, 0.29) is 19.1 Å². The molecule has 2 aromatic carbocycles. The van der Waals surface area contributed by atoms with Crippen molar-refractivity contribution in [2.45, 2.75) is 17.8 Å². The first kappa shape index (κ1) is 20.8. The average Bonchev–Trinajstić information content (AvgIpc) is 3.34. The topological polar surface area (TPSA) is 128 Å². The fourth-order valence-electron chi connectivity index (χ4n) is 3.77. The third-order valence-electron chi connectivity index (χ3n) is 5.35. The molecule has 1 saturated heterocycles. The predicted molar refractivity (Wildman–Crippen MR) is 115 cm³/mol. The second-order valence-electron chi connectivity index (χ2n) is 7.52. The van der Waals surface area contributed by atoms with Crippen molar-refractivity contribution in [3.63, 3.8) is 0 Å². The summed E-state index contributed by atoms with van der Waals surface area (Å²) in [7, 11) is -3.69. The van der Waals surface area contributed by atoms with Crippen molar-refractivity contribution in [1.29, 1.82) is 5.26 Å². The maximum absolute atomic E-state index is 12.1. The molecule has 1 N–H and O–H groups in total. The Balaban J connectivity index is 1.31. The molecule has 2 atom stereocenters. The van der Waals surface area contributed by atoms with Crippen LogP contribution in [0, 0.1) is 11.3 Å². The lowest BCUT2D eigenvalue weighted by atomic mass is 10.1. The lowest BCUT2D eigenvalue weighted by Gasteiger charge is -2.14. The number of ether oxygens (including phenoxy) is 3. The number of hydrogen-bond acceptors (Lipinski definition) is 8. The highest BCUT2D eigenvalue weighted by atomic mass is 32.2. The van der Waals surface area contributed by atoms with Crippen molar-refractivity contribution < 1.29 is 27.4 Å². The van der Waals surface area contributed by atoms with E-state index in [0.29, 0.717) is 34.3 Å². The second kappa shape index (κ2) is 8.11. The first-order valence-electron chi connectivity index (χ1n) is 10.0. The quantitative estimate of drug-likeness (QED) is 0.611. The number of aromatic nitrogens is 1. The number of sulfonamides is 1. The highest BCUT2D eigenvalue weighted by Gasteiger charge is 2.37. The van der Waals surface area contributed by atoms with Gasteiger partial charge in [0.15, 0.2) is 17.6 Å². The third kappa shape index (κ3) is 4.06. The van der Waals surface area contributed by atoms with Gasteiger partial charge in [-0.15, -0.1) is 0 Å². The molecule has 3 aromatic rings. The van der Waals surface area contributed by atoms with Gasteiger partial charge in [-0.05, 0) is 35.9 Å². The Morgan fingerprint density at radius 1 is 1.09 bits per heavy atom. The van der Waals surface area contributed by atoms with Gasteiger partial charge >= 0.3 is 0 Å². The molecule has 33 heavy (non-hydrogen) atoms. The van der Waals surface area contributed by atoms with Crippen LogP contribution in [0.15, 0.2) is 60.8 Å². The number of amides is 1. The number of para-hydroxylation sites is 1. The zero-order valence-electron chi connectivity index (χ0n) is 17.1. The van der Waals surface area contributed by atoms with E-state index < -0.39 is 21.2 Å². The van der Waals surface area contributed by atoms with Crippen LogP contribution >= 0.6 is 0 Å². The van der Waals surface area contributed by atoms with Crippen molar-refractivity contribution in [3.8, 4) is 29.1 Å². The summed E-state index contributed by atoms with van der Waals surface area (Å²) in [6.45, 7) is 0.276. The van der Waals surface area contributed by atoms with Gasteiger partial charge in [0.05, 0.1) is 12.6 Å². The zero-order valence-corrected chi connectivity index (χ0v) is 17.9. The van der Waals surface area contributed by atoms with E-state index >= 15 is 0 Å². The van der Waals surface area contributed by atoms with Crippen LogP contribution in [0.3, 0.4) is 0 Å². The molecule has 5 rings (SSSR count). The Bertz CT molecular complexity index is 1360. The first-order chi connectivity index (χ1) is 15.9. The number of hydrogen-bond donors (Lipinski definition) is 1. The fourth-order valence-corrected chi connectivity index (χ4v) is 5.20. The number of rotatable bonds is 5. The molecule has 166 valence electrons. The minimum Gasteiger partial charge on any atom is -0.485 e. The van der Waals surface area contributed by atoms with Gasteiger partial charge in [-0.25, -0.2) is 13.4 Å². The fraction of sp³-hybridized carbons (Fsp3) is 0.174. The number of nitrogens with one attached hydrogen (secondary N) is 1. The minimum atomic E-state index is -3.69. The maximum atomic E-state index is 12.1. The molecule has 3 heterocycles. The van der Waals surface area contributed by atoms with Crippen molar-refractivity contribution >= 4 is 15.9 Å². The van der Waals surface area contributed by atoms with Crippen LogP contribution in [-0.4, -0.2) is 25.9 Å². The summed E-state index contributed by atoms with van der Waals surface area (Å²) in [6.07, 6.45) is 0.993. The Kier molecular flexibility index (Phi) is 5.11. The number of benzene rings is 2. The van der Waals surface area contributed by atoms with E-state index in [9.17, 15) is 13.2 Å². The van der Waals surface area contributed by atoms with Crippen LogP contribution < -0.4 is 18.9 Å². The van der Waals surface area contributed by atoms with Crippen molar-refractivity contribution in [1.82, 2.24) is 9.71 Å². The largest absolute Gasteiger partial charge is 0.485 e. The molecule has 9 nitrogen and oxygen atoms in total. The molecule has 0 aliphatic carbocycles. The highest BCUT2D eigenvalue weighted by Crippen LogP contribution is 2.43. The lowest BCUT2D eigenvalue weighted by Crippen LogP contribution is -2.21. The zero-order chi connectivity index (χ0) is 23.0. The van der Waals surface area contributed by atoms with E-state index in [1.54, 1.807) is 42.5 Å². The summed E-state index contributed by atoms with van der Waals surface area (Å²) in [4.78, 5) is 15.5. The van der Waals surface area contributed by atoms with Crippen LogP contribution in [0.2, 0.25) is 0 Å². The maximum Gasteiger partial charge on any atom is 0.242 e. The van der Waals surface area contributed by atoms with E-state index in [1.807, 2.05) is 22.9 Å². The summed E-state index contributed by atoms with van der Waals surface area (Å²) in [5, 5.41) is 7.97. The molecule has 10 heteroatoms. The Morgan fingerprint density at radius 3 is 2.55 bits per heavy atom. The molecule has 0 radical (unpaired) electrons. The number of nitriles is 1. The summed E-state index contributed by atoms with van der Waals surface area (Å²) >= 11 is 0. The smallest absolute Gasteiger partial charge is 0.242 e. The van der Waals surface area contributed by atoms with Crippen LogP contribution in [-0.2, 0) is 14.8 Å². The van der Waals surface area contributed by atoms with E-state index in [0.717, 1.165) is 5.56 Å². The third-order valence-corrected chi connectivity index (χ3v) is 7.05. The molecular formula is C23H17N3O6S. The molecular weight excluding hydrogens is 446 g/mol. The second-order valence-corrected chi connectivity index (χ2v) is 9.38. The van der Waals surface area contributed by atoms with Crippen molar-refractivity contribution in [3.05, 3.63) is 77.6 Å². The average molecular weight is 463 g/mol. The van der Waals surface area contributed by atoms with Gasteiger partial charge < -0.3 is 14.2 Å². The lowest BCUT2D eigenvalue weighted by molar-refractivity contribution is -0.118. The molecule has 0 spiro atoms. The van der Waals surface area contributed by atoms with Gasteiger partial charge in [0.1, 0.15) is 35.1 Å². The number of nitrogens with zero attached hydrogens (tertiary/aromatic N) is 2. The summed E-state index contributed by atoms with van der Waals surface area (Å²) in [6, 6.07) is 17.3. The molecule has 2 aliphatic heterocycles. The highest BCUT2D eigenvalue weighted by molar-refractivity contribution is 7.90. The van der Waals surface area contributed by atoms with Crippen molar-refractivity contribution in [2.24, 2.45) is 0 Å². The van der Waals surface area contributed by atoms with Crippen LogP contribution in [0.25, 0.3) is 0 Å². The molecule has 2 aliphatic rings. The van der Waals surface area contributed by atoms with Crippen molar-refractivity contribution in [2.75, 3.05) is 6.61 Å². The van der Waals surface area contributed by atoms with Gasteiger partial charge in [-0.3, -0.25) is 9.52 Å². The van der Waals surface area contributed by atoms with E-state index in [1.165, 1.54) is 6.20 Å². The molecule has 0 bridgehead atoms. The van der Waals surface area contributed by atoms with Gasteiger partial charge in [-0.1, -0.05) is 24.3 Å². The first-order valence-corrected chi connectivity index (χ1v) is 11.6. The monoisotopic (exact) mass is 463 g/mol. The standard InChI is InChI=1S/C23H17N3O6S/c24-11-15-6-9-17(12-25-15)32-19-3-1-2-18-20(13-30-23(18)19)31-16-7-4-14(5-8-16)21-10-22(27)26-33(21,28)29/h1-9,12,20-21H,10,13H2,(H,26,27)/t20-,21?/m1/s1. The SMILES string of the molecule is N#Cc1ccc(Oc2cccc3c2OC[C@H]3Oc2ccc(C3CC(=O)NS3(=O)=O)cc2)cn1. The van der Waals surface area contributed by atoms with E-state index in [2.05, 4.69) is 4.98 Å². The number of pyridine rings is 1. The molecule has 1 unspecified atom stereocenters. The van der Waals surface area contributed by atoms with Crippen LogP contribution in [0.4, 0.5) is 0 Å². The normalized spacial score (nSPS) is 20.3. The van der Waals surface area contributed by atoms with Gasteiger partial charge in [0.25, 0.3) is 0 Å². The van der Waals surface area contributed by atoms with Crippen LogP contribution in [0.5, 0.6) is 23.0 Å². The Hall–Kier alpha value is -4.10. The Morgan fingerprint density at radius 2 is 1.88 bits per heavy atom. The predicted octanol–water partition coefficient (Wildman–Crippen LogP) is 3.15. The molecule has 1 fully saturated rings.